The SMILES string of the molecule is [C-]#[N+]c1cccc(-c2cn3nc(C=O)nc3c(N(Cc3ccc(OC)cc3)Cc3ccc(OC)cc3)n2)c1F. The lowest BCUT2D eigenvalue weighted by atomic mass is 10.1. The molecule has 10 heteroatoms. The molecule has 2 heterocycles. The first kappa shape index (κ1) is 25.4. The van der Waals surface area contributed by atoms with Crippen molar-refractivity contribution in [2.75, 3.05) is 19.1 Å². The normalized spacial score (nSPS) is 10.7. The van der Waals surface area contributed by atoms with Crippen LogP contribution in [0.4, 0.5) is 15.9 Å². The van der Waals surface area contributed by atoms with E-state index in [1.807, 2.05) is 53.4 Å². The molecule has 39 heavy (non-hydrogen) atoms. The summed E-state index contributed by atoms with van der Waals surface area (Å²) >= 11 is 0. The van der Waals surface area contributed by atoms with Crippen molar-refractivity contribution in [2.45, 2.75) is 13.1 Å². The average Bonchev–Trinajstić information content (AvgIpc) is 3.41. The number of nitrogens with zero attached hydrogens (tertiary/aromatic N) is 6. The number of methoxy groups -OCH3 is 2. The zero-order chi connectivity index (χ0) is 27.4. The quantitative estimate of drug-likeness (QED) is 0.186. The Hall–Kier alpha value is -5.30. The van der Waals surface area contributed by atoms with Crippen molar-refractivity contribution in [3.63, 3.8) is 0 Å². The summed E-state index contributed by atoms with van der Waals surface area (Å²) in [4.78, 5) is 26.0. The number of aldehydes is 1. The van der Waals surface area contributed by atoms with Crippen LogP contribution in [0.1, 0.15) is 21.7 Å². The number of hydrogen-bond acceptors (Lipinski definition) is 7. The number of rotatable bonds is 9. The van der Waals surface area contributed by atoms with Crippen LogP contribution in [-0.2, 0) is 13.1 Å². The van der Waals surface area contributed by atoms with Crippen LogP contribution in [0.2, 0.25) is 0 Å². The fourth-order valence-corrected chi connectivity index (χ4v) is 4.20. The Kier molecular flexibility index (Phi) is 7.14. The van der Waals surface area contributed by atoms with E-state index in [1.54, 1.807) is 26.4 Å². The van der Waals surface area contributed by atoms with Gasteiger partial charge in [0.25, 0.3) is 0 Å². The van der Waals surface area contributed by atoms with E-state index >= 15 is 4.39 Å². The molecule has 0 saturated heterocycles. The van der Waals surface area contributed by atoms with Gasteiger partial charge in [-0.05, 0) is 35.4 Å². The van der Waals surface area contributed by atoms with Crippen LogP contribution in [0, 0.1) is 12.4 Å². The Labute approximate surface area is 223 Å². The van der Waals surface area contributed by atoms with Gasteiger partial charge in [0, 0.05) is 18.7 Å². The third kappa shape index (κ3) is 5.24. The summed E-state index contributed by atoms with van der Waals surface area (Å²) in [5.74, 6) is 1.14. The van der Waals surface area contributed by atoms with Crippen LogP contribution in [0.3, 0.4) is 0 Å². The van der Waals surface area contributed by atoms with Gasteiger partial charge in [-0.1, -0.05) is 42.5 Å². The predicted molar refractivity (Wildman–Crippen MR) is 144 cm³/mol. The number of aromatic nitrogens is 4. The van der Waals surface area contributed by atoms with E-state index < -0.39 is 5.82 Å². The average molecular weight is 523 g/mol. The molecule has 0 spiro atoms. The number of benzene rings is 3. The molecule has 3 aromatic carbocycles. The molecule has 0 aliphatic carbocycles. The van der Waals surface area contributed by atoms with Crippen molar-refractivity contribution in [3.05, 3.63) is 107 Å². The molecule has 0 atom stereocenters. The molecule has 0 fully saturated rings. The minimum atomic E-state index is -0.683. The van der Waals surface area contributed by atoms with Gasteiger partial charge in [0.2, 0.25) is 11.5 Å². The zero-order valence-electron chi connectivity index (χ0n) is 21.2. The third-order valence-corrected chi connectivity index (χ3v) is 6.16. The highest BCUT2D eigenvalue weighted by atomic mass is 19.1. The van der Waals surface area contributed by atoms with Gasteiger partial charge >= 0.3 is 0 Å². The summed E-state index contributed by atoms with van der Waals surface area (Å²) in [5, 5.41) is 4.25. The van der Waals surface area contributed by atoms with E-state index in [2.05, 4.69) is 14.9 Å². The molecule has 0 saturated carbocycles. The minimum absolute atomic E-state index is 0.0283. The number of ether oxygens (including phenoxy) is 2. The highest BCUT2D eigenvalue weighted by molar-refractivity contribution is 5.76. The van der Waals surface area contributed by atoms with E-state index in [1.165, 1.54) is 16.8 Å². The second-order valence-electron chi connectivity index (χ2n) is 8.61. The predicted octanol–water partition coefficient (Wildman–Crippen LogP) is 5.52. The zero-order valence-corrected chi connectivity index (χ0v) is 21.2. The first-order valence-electron chi connectivity index (χ1n) is 11.9. The molecule has 0 aliphatic rings. The van der Waals surface area contributed by atoms with Gasteiger partial charge in [0.15, 0.2) is 17.8 Å². The molecule has 2 aromatic heterocycles. The van der Waals surface area contributed by atoms with Crippen molar-refractivity contribution in [1.29, 1.82) is 0 Å². The molecule has 194 valence electrons. The monoisotopic (exact) mass is 522 g/mol. The second kappa shape index (κ2) is 11.0. The number of carbonyl (C=O) groups is 1. The minimum Gasteiger partial charge on any atom is -0.497 e. The van der Waals surface area contributed by atoms with E-state index in [4.69, 9.17) is 21.0 Å². The molecule has 0 amide bonds. The van der Waals surface area contributed by atoms with E-state index in [9.17, 15) is 4.79 Å². The van der Waals surface area contributed by atoms with Crippen molar-refractivity contribution in [2.24, 2.45) is 0 Å². The van der Waals surface area contributed by atoms with Gasteiger partial charge in [-0.3, -0.25) is 4.79 Å². The van der Waals surface area contributed by atoms with Gasteiger partial charge in [0.1, 0.15) is 17.3 Å². The number of halogens is 1. The molecule has 5 rings (SSSR count). The largest absolute Gasteiger partial charge is 0.497 e. The van der Waals surface area contributed by atoms with Crippen molar-refractivity contribution in [3.8, 4) is 22.8 Å². The standard InChI is InChI=1S/C29H23FN6O3/c1-31-24-6-4-5-23(27(24)30)25-17-36-29(33-26(18-37)34-36)28(32-25)35(15-19-7-11-21(38-2)12-8-19)16-20-9-13-22(39-3)14-10-20/h4-14,17-18H,15-16H2,2-3H3. The number of carbonyl (C=O) groups excluding carboxylic acids is 1. The van der Waals surface area contributed by atoms with Crippen LogP contribution in [0.25, 0.3) is 21.7 Å². The maximum atomic E-state index is 15.2. The van der Waals surface area contributed by atoms with E-state index in [0.717, 1.165) is 22.6 Å². The number of anilines is 1. The number of fused-ring (bicyclic) bond motifs is 1. The lowest BCUT2D eigenvalue weighted by Gasteiger charge is -2.25. The fraction of sp³-hybridized carbons (Fsp3) is 0.138. The first-order chi connectivity index (χ1) is 19.0. The molecule has 9 nitrogen and oxygen atoms in total. The Bertz CT molecular complexity index is 1630. The maximum Gasteiger partial charge on any atom is 0.222 e. The molecule has 0 radical (unpaired) electrons. The molecule has 0 aliphatic heterocycles. The lowest BCUT2D eigenvalue weighted by molar-refractivity contribution is 0.111. The smallest absolute Gasteiger partial charge is 0.222 e. The highest BCUT2D eigenvalue weighted by Gasteiger charge is 2.21. The fourth-order valence-electron chi connectivity index (χ4n) is 4.20. The van der Waals surface area contributed by atoms with Crippen LogP contribution >= 0.6 is 0 Å². The topological polar surface area (TPSA) is 86.2 Å². The number of hydrogen-bond donors (Lipinski definition) is 0. The Balaban J connectivity index is 1.67. The summed E-state index contributed by atoms with van der Waals surface area (Å²) in [7, 11) is 3.21. The van der Waals surface area contributed by atoms with Gasteiger partial charge < -0.3 is 14.4 Å². The van der Waals surface area contributed by atoms with Gasteiger partial charge in [0.05, 0.1) is 32.7 Å². The van der Waals surface area contributed by atoms with Crippen LogP contribution in [-0.4, -0.2) is 40.1 Å². The molecule has 0 bridgehead atoms. The Morgan fingerprint density at radius 1 is 0.949 bits per heavy atom. The summed E-state index contributed by atoms with van der Waals surface area (Å²) in [6, 6.07) is 19.8. The van der Waals surface area contributed by atoms with Gasteiger partial charge in [-0.25, -0.2) is 23.7 Å². The molecule has 0 N–H and O–H groups in total. The summed E-state index contributed by atoms with van der Waals surface area (Å²) in [5.41, 5.74) is 2.54. The molecule has 0 unspecified atom stereocenters. The molecule has 5 aromatic rings. The van der Waals surface area contributed by atoms with Crippen molar-refractivity contribution in [1.82, 2.24) is 19.6 Å². The van der Waals surface area contributed by atoms with Gasteiger partial charge in [-0.15, -0.1) is 5.10 Å². The summed E-state index contributed by atoms with van der Waals surface area (Å²) < 4.78 is 27.2. The van der Waals surface area contributed by atoms with Crippen molar-refractivity contribution >= 4 is 23.4 Å². The first-order valence-corrected chi connectivity index (χ1v) is 11.9. The van der Waals surface area contributed by atoms with E-state index in [-0.39, 0.29) is 22.8 Å². The van der Waals surface area contributed by atoms with Crippen LogP contribution in [0.15, 0.2) is 72.9 Å². The second-order valence-corrected chi connectivity index (χ2v) is 8.61. The Morgan fingerprint density at radius 2 is 1.56 bits per heavy atom. The summed E-state index contributed by atoms with van der Waals surface area (Å²) in [6.45, 7) is 8.12. The van der Waals surface area contributed by atoms with Gasteiger partial charge in [-0.2, -0.15) is 0 Å². The van der Waals surface area contributed by atoms with Crippen molar-refractivity contribution < 1.29 is 18.7 Å². The lowest BCUT2D eigenvalue weighted by Crippen LogP contribution is -2.24. The van der Waals surface area contributed by atoms with Crippen LogP contribution < -0.4 is 14.4 Å². The van der Waals surface area contributed by atoms with E-state index in [0.29, 0.717) is 30.8 Å². The highest BCUT2D eigenvalue weighted by Crippen LogP contribution is 2.32. The summed E-state index contributed by atoms with van der Waals surface area (Å²) in [6.07, 6.45) is 2.05. The third-order valence-electron chi connectivity index (χ3n) is 6.16. The molecular weight excluding hydrogens is 499 g/mol. The maximum absolute atomic E-state index is 15.2. The molecular formula is C29H23FN6O3. The Morgan fingerprint density at radius 3 is 2.10 bits per heavy atom. The van der Waals surface area contributed by atoms with Crippen LogP contribution in [0.5, 0.6) is 11.5 Å².